The number of allylic oxidation sites excluding steroid dienone is 1. The minimum Gasteiger partial charge on any atom is -0.369 e. The SMILES string of the molecule is CN1C(C(=O)N2CCC(C(N)=O)CC2)=CC(c2cccs2)=NS1(=O)=O. The van der Waals surface area contributed by atoms with Crippen LogP contribution < -0.4 is 5.73 Å². The molecule has 2 amide bonds. The lowest BCUT2D eigenvalue weighted by Crippen LogP contribution is -2.45. The average molecular weight is 382 g/mol. The lowest BCUT2D eigenvalue weighted by atomic mass is 9.96. The molecule has 2 aliphatic rings. The summed E-state index contributed by atoms with van der Waals surface area (Å²) in [5.74, 6) is -0.997. The molecule has 1 aromatic heterocycles. The highest BCUT2D eigenvalue weighted by Gasteiger charge is 2.34. The fourth-order valence-electron chi connectivity index (χ4n) is 2.82. The highest BCUT2D eigenvalue weighted by atomic mass is 32.2. The third kappa shape index (κ3) is 3.45. The third-order valence-electron chi connectivity index (χ3n) is 4.35. The van der Waals surface area contributed by atoms with E-state index in [2.05, 4.69) is 4.40 Å². The van der Waals surface area contributed by atoms with Gasteiger partial charge in [0, 0.05) is 26.1 Å². The van der Waals surface area contributed by atoms with Gasteiger partial charge in [0.1, 0.15) is 5.70 Å². The molecule has 0 bridgehead atoms. The Bertz CT molecular complexity index is 850. The Kier molecular flexibility index (Phi) is 4.65. The Hall–Kier alpha value is -2.20. The summed E-state index contributed by atoms with van der Waals surface area (Å²) in [5.41, 5.74) is 5.61. The lowest BCUT2D eigenvalue weighted by Gasteiger charge is -2.33. The molecule has 0 unspecified atom stereocenters. The van der Waals surface area contributed by atoms with Crippen LogP contribution in [0.1, 0.15) is 17.7 Å². The molecule has 3 heterocycles. The maximum absolute atomic E-state index is 12.8. The van der Waals surface area contributed by atoms with Gasteiger partial charge in [-0.25, -0.2) is 4.31 Å². The third-order valence-corrected chi connectivity index (χ3v) is 6.56. The monoisotopic (exact) mass is 382 g/mol. The van der Waals surface area contributed by atoms with Gasteiger partial charge in [-0.15, -0.1) is 15.7 Å². The van der Waals surface area contributed by atoms with Crippen molar-refractivity contribution in [3.8, 4) is 0 Å². The van der Waals surface area contributed by atoms with Crippen molar-refractivity contribution in [1.82, 2.24) is 9.21 Å². The Morgan fingerprint density at radius 1 is 1.32 bits per heavy atom. The second kappa shape index (κ2) is 6.60. The maximum atomic E-state index is 12.8. The molecule has 3 rings (SSSR count). The van der Waals surface area contributed by atoms with Crippen molar-refractivity contribution >= 4 is 39.1 Å². The van der Waals surface area contributed by atoms with Crippen LogP contribution in [0, 0.1) is 5.92 Å². The summed E-state index contributed by atoms with van der Waals surface area (Å²) in [6, 6.07) is 3.54. The van der Waals surface area contributed by atoms with Gasteiger partial charge in [0.2, 0.25) is 5.91 Å². The van der Waals surface area contributed by atoms with Gasteiger partial charge in [-0.05, 0) is 30.4 Å². The lowest BCUT2D eigenvalue weighted by molar-refractivity contribution is -0.132. The van der Waals surface area contributed by atoms with Crippen molar-refractivity contribution in [2.45, 2.75) is 12.8 Å². The van der Waals surface area contributed by atoms with Crippen molar-refractivity contribution < 1.29 is 18.0 Å². The van der Waals surface area contributed by atoms with Gasteiger partial charge >= 0.3 is 10.2 Å². The number of piperidine rings is 1. The molecule has 0 saturated carbocycles. The number of primary amides is 1. The summed E-state index contributed by atoms with van der Waals surface area (Å²) >= 11 is 1.35. The summed E-state index contributed by atoms with van der Waals surface area (Å²) in [5, 5.41) is 1.81. The van der Waals surface area contributed by atoms with Crippen LogP contribution in [0.3, 0.4) is 0 Å². The van der Waals surface area contributed by atoms with Gasteiger partial charge in [0.25, 0.3) is 5.91 Å². The minimum absolute atomic E-state index is 0.0518. The molecule has 1 aromatic rings. The predicted molar refractivity (Wildman–Crippen MR) is 94.1 cm³/mol. The van der Waals surface area contributed by atoms with Gasteiger partial charge in [-0.3, -0.25) is 9.59 Å². The fraction of sp³-hybridized carbons (Fsp3) is 0.400. The van der Waals surface area contributed by atoms with Gasteiger partial charge in [-0.2, -0.15) is 8.42 Å². The zero-order valence-electron chi connectivity index (χ0n) is 13.6. The topological polar surface area (TPSA) is 113 Å². The summed E-state index contributed by atoms with van der Waals surface area (Å²) < 4.78 is 29.3. The highest BCUT2D eigenvalue weighted by Crippen LogP contribution is 2.25. The number of carbonyl (C=O) groups excluding carboxylic acids is 2. The summed E-state index contributed by atoms with van der Waals surface area (Å²) in [4.78, 5) is 26.3. The van der Waals surface area contributed by atoms with Crippen LogP contribution in [0.25, 0.3) is 0 Å². The quantitative estimate of drug-likeness (QED) is 0.812. The Labute approximate surface area is 149 Å². The number of thiophene rings is 1. The van der Waals surface area contributed by atoms with E-state index in [0.29, 0.717) is 30.8 Å². The summed E-state index contributed by atoms with van der Waals surface area (Å²) in [6.45, 7) is 0.728. The summed E-state index contributed by atoms with van der Waals surface area (Å²) in [6.07, 6.45) is 2.46. The van der Waals surface area contributed by atoms with E-state index in [1.165, 1.54) is 24.5 Å². The van der Waals surface area contributed by atoms with Crippen molar-refractivity contribution in [2.75, 3.05) is 20.1 Å². The molecular formula is C15H18N4O4S2. The number of amides is 2. The van der Waals surface area contributed by atoms with Crippen molar-refractivity contribution in [3.63, 3.8) is 0 Å². The zero-order chi connectivity index (χ0) is 18.2. The van der Waals surface area contributed by atoms with Gasteiger partial charge in [0.05, 0.1) is 10.6 Å². The smallest absolute Gasteiger partial charge is 0.345 e. The second-order valence-electron chi connectivity index (χ2n) is 5.90. The van der Waals surface area contributed by atoms with E-state index in [1.807, 2.05) is 5.38 Å². The molecular weight excluding hydrogens is 364 g/mol. The Balaban J connectivity index is 1.86. The first-order chi connectivity index (χ1) is 11.8. The number of hydrogen-bond acceptors (Lipinski definition) is 5. The zero-order valence-corrected chi connectivity index (χ0v) is 15.2. The molecule has 8 nitrogen and oxygen atoms in total. The number of likely N-dealkylation sites (tertiary alicyclic amines) is 1. The van der Waals surface area contributed by atoms with E-state index in [1.54, 1.807) is 17.0 Å². The van der Waals surface area contributed by atoms with Crippen LogP contribution in [0.2, 0.25) is 0 Å². The molecule has 0 atom stereocenters. The van der Waals surface area contributed by atoms with Gasteiger partial charge in [-0.1, -0.05) is 6.07 Å². The molecule has 0 aromatic carbocycles. The van der Waals surface area contributed by atoms with E-state index in [4.69, 9.17) is 5.73 Å². The molecule has 10 heteroatoms. The van der Waals surface area contributed by atoms with Gasteiger partial charge < -0.3 is 10.6 Å². The van der Waals surface area contributed by atoms with Gasteiger partial charge in [0.15, 0.2) is 0 Å². The van der Waals surface area contributed by atoms with Crippen molar-refractivity contribution in [1.29, 1.82) is 0 Å². The predicted octanol–water partition coefficient (Wildman–Crippen LogP) is 0.335. The van der Waals surface area contributed by atoms with E-state index >= 15 is 0 Å². The maximum Gasteiger partial charge on any atom is 0.345 e. The van der Waals surface area contributed by atoms with Crippen LogP contribution in [0.5, 0.6) is 0 Å². The van der Waals surface area contributed by atoms with Crippen LogP contribution >= 0.6 is 11.3 Å². The number of nitrogens with two attached hydrogens (primary N) is 1. The van der Waals surface area contributed by atoms with E-state index < -0.39 is 16.1 Å². The average Bonchev–Trinajstić information content (AvgIpc) is 3.11. The largest absolute Gasteiger partial charge is 0.369 e. The molecule has 0 radical (unpaired) electrons. The fourth-order valence-corrected chi connectivity index (χ4v) is 4.47. The number of hydrogen-bond donors (Lipinski definition) is 1. The molecule has 2 aliphatic heterocycles. The number of likely N-dealkylation sites (N-methyl/N-ethyl adjacent to an activating group) is 1. The minimum atomic E-state index is -3.96. The van der Waals surface area contributed by atoms with Crippen LogP contribution in [0.15, 0.2) is 33.7 Å². The first kappa shape index (κ1) is 17.6. The molecule has 0 spiro atoms. The molecule has 25 heavy (non-hydrogen) atoms. The Morgan fingerprint density at radius 3 is 2.56 bits per heavy atom. The van der Waals surface area contributed by atoms with E-state index in [9.17, 15) is 18.0 Å². The molecule has 1 fully saturated rings. The van der Waals surface area contributed by atoms with E-state index in [0.717, 1.165) is 4.31 Å². The second-order valence-corrected chi connectivity index (χ2v) is 8.47. The normalized spacial score (nSPS) is 20.8. The van der Waals surface area contributed by atoms with Crippen LogP contribution in [0.4, 0.5) is 0 Å². The summed E-state index contributed by atoms with van der Waals surface area (Å²) in [7, 11) is -2.65. The molecule has 0 aliphatic carbocycles. The van der Waals surface area contributed by atoms with Crippen LogP contribution in [-0.4, -0.2) is 55.3 Å². The highest BCUT2D eigenvalue weighted by molar-refractivity contribution is 7.88. The van der Waals surface area contributed by atoms with E-state index in [-0.39, 0.29) is 23.2 Å². The number of rotatable bonds is 3. The first-order valence-corrected chi connectivity index (χ1v) is 10.0. The van der Waals surface area contributed by atoms with Crippen LogP contribution in [-0.2, 0) is 19.8 Å². The first-order valence-electron chi connectivity index (χ1n) is 7.72. The standard InChI is InChI=1S/C15H18N4O4S2/c1-18-12(15(21)19-6-4-10(5-7-19)14(16)20)9-11(17-25(18,22)23)13-3-2-8-24-13/h2-3,8-10H,4-7H2,1H3,(H2,16,20). The van der Waals surface area contributed by atoms with Crippen molar-refractivity contribution in [2.24, 2.45) is 16.0 Å². The molecule has 1 saturated heterocycles. The Morgan fingerprint density at radius 2 is 2.00 bits per heavy atom. The van der Waals surface area contributed by atoms with Crippen molar-refractivity contribution in [3.05, 3.63) is 34.2 Å². The number of carbonyl (C=O) groups is 2. The molecule has 2 N–H and O–H groups in total. The molecule has 134 valence electrons. The number of nitrogens with zero attached hydrogens (tertiary/aromatic N) is 3.